The second-order valence-corrected chi connectivity index (χ2v) is 9.42. The number of fused-ring (bicyclic) bond motifs is 1. The average molecular weight is 442 g/mol. The van der Waals surface area contributed by atoms with Crippen molar-refractivity contribution >= 4 is 16.9 Å². The van der Waals surface area contributed by atoms with Crippen LogP contribution in [0.1, 0.15) is 61.0 Å². The van der Waals surface area contributed by atoms with Gasteiger partial charge in [-0.15, -0.1) is 0 Å². The highest BCUT2D eigenvalue weighted by Crippen LogP contribution is 2.25. The number of nitrogens with zero attached hydrogens (tertiary/aromatic N) is 2. The van der Waals surface area contributed by atoms with Crippen molar-refractivity contribution in [3.63, 3.8) is 0 Å². The lowest BCUT2D eigenvalue weighted by atomic mass is 9.87. The molecular weight excluding hydrogens is 410 g/mol. The van der Waals surface area contributed by atoms with Gasteiger partial charge in [-0.1, -0.05) is 57.2 Å². The summed E-state index contributed by atoms with van der Waals surface area (Å²) in [5, 5.41) is 3.10. The molecule has 0 bridgehead atoms. The van der Waals surface area contributed by atoms with Crippen molar-refractivity contribution in [2.24, 2.45) is 0 Å². The van der Waals surface area contributed by atoms with Crippen LogP contribution in [-0.2, 0) is 12.0 Å². The molecule has 1 N–H and O–H groups in total. The topological polar surface area (TPSA) is 56.1 Å². The number of carbonyl (C=O) groups is 1. The summed E-state index contributed by atoms with van der Waals surface area (Å²) in [5.41, 5.74) is 5.18. The fourth-order valence-electron chi connectivity index (χ4n) is 3.97. The highest BCUT2D eigenvalue weighted by atomic mass is 16.5. The van der Waals surface area contributed by atoms with Crippen LogP contribution in [0.15, 0.2) is 72.8 Å². The molecule has 4 rings (SSSR count). The third kappa shape index (κ3) is 4.92. The molecule has 1 heterocycles. The Balaban J connectivity index is 1.62. The zero-order valence-electron chi connectivity index (χ0n) is 19.9. The fourth-order valence-corrected chi connectivity index (χ4v) is 3.97. The van der Waals surface area contributed by atoms with E-state index in [0.29, 0.717) is 12.1 Å². The van der Waals surface area contributed by atoms with Crippen molar-refractivity contribution in [3.8, 4) is 5.75 Å². The number of carbonyl (C=O) groups excluding carboxylic acids is 1. The summed E-state index contributed by atoms with van der Waals surface area (Å²) in [6, 6.07) is 23.7. The molecule has 33 heavy (non-hydrogen) atoms. The maximum atomic E-state index is 12.9. The summed E-state index contributed by atoms with van der Waals surface area (Å²) in [6.07, 6.45) is 0. The number of amides is 1. The number of ether oxygens (including phenoxy) is 1. The maximum Gasteiger partial charge on any atom is 0.251 e. The number of para-hydroxylation sites is 2. The molecule has 5 nitrogen and oxygen atoms in total. The van der Waals surface area contributed by atoms with E-state index in [1.165, 1.54) is 11.1 Å². The van der Waals surface area contributed by atoms with Crippen LogP contribution in [0.3, 0.4) is 0 Å². The van der Waals surface area contributed by atoms with Gasteiger partial charge in [0, 0.05) is 12.1 Å². The van der Waals surface area contributed by atoms with E-state index in [1.54, 1.807) is 31.4 Å². The van der Waals surface area contributed by atoms with Crippen molar-refractivity contribution < 1.29 is 9.53 Å². The molecule has 1 unspecified atom stereocenters. The molecule has 0 spiro atoms. The number of benzene rings is 3. The van der Waals surface area contributed by atoms with E-state index < -0.39 is 0 Å². The Morgan fingerprint density at radius 3 is 2.30 bits per heavy atom. The van der Waals surface area contributed by atoms with Crippen molar-refractivity contribution in [3.05, 3.63) is 95.3 Å². The highest BCUT2D eigenvalue weighted by Gasteiger charge is 2.20. The van der Waals surface area contributed by atoms with E-state index in [9.17, 15) is 4.79 Å². The molecule has 1 atom stereocenters. The van der Waals surface area contributed by atoms with E-state index in [1.807, 2.05) is 25.1 Å². The second kappa shape index (κ2) is 9.10. The molecule has 170 valence electrons. The SMILES string of the molecule is COc1ccc(C(=O)NC(C)c2nc3ccccc3n2Cc2ccc(C(C)(C)C)cc2)cc1. The number of methoxy groups -OCH3 is 1. The molecule has 0 saturated heterocycles. The Bertz CT molecular complexity index is 1250. The van der Waals surface area contributed by atoms with Gasteiger partial charge >= 0.3 is 0 Å². The Morgan fingerprint density at radius 1 is 1.00 bits per heavy atom. The predicted octanol–water partition coefficient (Wildman–Crippen LogP) is 5.88. The minimum atomic E-state index is -0.263. The van der Waals surface area contributed by atoms with E-state index in [2.05, 4.69) is 61.0 Å². The van der Waals surface area contributed by atoms with Gasteiger partial charge in [-0.25, -0.2) is 4.98 Å². The normalized spacial score (nSPS) is 12.5. The molecule has 0 fully saturated rings. The van der Waals surface area contributed by atoms with Crippen LogP contribution in [0.5, 0.6) is 5.75 Å². The van der Waals surface area contributed by atoms with Crippen molar-refractivity contribution in [1.82, 2.24) is 14.9 Å². The summed E-state index contributed by atoms with van der Waals surface area (Å²) in [5.74, 6) is 1.41. The maximum absolute atomic E-state index is 12.9. The predicted molar refractivity (Wildman–Crippen MR) is 133 cm³/mol. The molecule has 0 aliphatic carbocycles. The standard InChI is InChI=1S/C28H31N3O2/c1-19(29-27(32)21-12-16-23(33-5)17-13-21)26-30-24-8-6-7-9-25(24)31(26)18-20-10-14-22(15-11-20)28(2,3)4/h6-17,19H,18H2,1-5H3,(H,29,32). The average Bonchev–Trinajstić information content (AvgIpc) is 3.17. The molecule has 3 aromatic carbocycles. The second-order valence-electron chi connectivity index (χ2n) is 9.42. The van der Waals surface area contributed by atoms with Crippen molar-refractivity contribution in [2.45, 2.75) is 45.7 Å². The summed E-state index contributed by atoms with van der Waals surface area (Å²) < 4.78 is 7.38. The number of rotatable bonds is 6. The Hall–Kier alpha value is -3.60. The van der Waals surface area contributed by atoms with Gasteiger partial charge in [0.1, 0.15) is 11.6 Å². The summed E-state index contributed by atoms with van der Waals surface area (Å²) in [4.78, 5) is 17.7. The van der Waals surface area contributed by atoms with E-state index in [4.69, 9.17) is 9.72 Å². The lowest BCUT2D eigenvalue weighted by Crippen LogP contribution is -2.28. The summed E-state index contributed by atoms with van der Waals surface area (Å²) >= 11 is 0. The molecule has 0 aliphatic rings. The first kappa shape index (κ1) is 22.6. The van der Waals surface area contributed by atoms with E-state index in [-0.39, 0.29) is 17.4 Å². The quantitative estimate of drug-likeness (QED) is 0.406. The lowest BCUT2D eigenvalue weighted by molar-refractivity contribution is 0.0937. The van der Waals surface area contributed by atoms with Crippen LogP contribution < -0.4 is 10.1 Å². The van der Waals surface area contributed by atoms with Gasteiger partial charge < -0.3 is 14.6 Å². The number of hydrogen-bond donors (Lipinski definition) is 1. The summed E-state index contributed by atoms with van der Waals surface area (Å²) in [6.45, 7) is 9.31. The first-order chi connectivity index (χ1) is 15.8. The molecule has 1 aromatic heterocycles. The van der Waals surface area contributed by atoms with Crippen LogP contribution in [0.4, 0.5) is 0 Å². The molecule has 1 amide bonds. The Labute approximate surface area is 195 Å². The van der Waals surface area contributed by atoms with Crippen LogP contribution in [-0.4, -0.2) is 22.6 Å². The Morgan fingerprint density at radius 2 is 1.67 bits per heavy atom. The van der Waals surface area contributed by atoms with Gasteiger partial charge in [0.25, 0.3) is 5.91 Å². The molecule has 5 heteroatoms. The van der Waals surface area contributed by atoms with Gasteiger partial charge in [-0.2, -0.15) is 0 Å². The fraction of sp³-hybridized carbons (Fsp3) is 0.286. The molecule has 0 radical (unpaired) electrons. The van der Waals surface area contributed by atoms with Crippen LogP contribution in [0, 0.1) is 0 Å². The number of aromatic nitrogens is 2. The number of nitrogens with one attached hydrogen (secondary N) is 1. The van der Waals surface area contributed by atoms with Gasteiger partial charge in [-0.3, -0.25) is 4.79 Å². The minimum Gasteiger partial charge on any atom is -0.497 e. The number of hydrogen-bond acceptors (Lipinski definition) is 3. The Kier molecular flexibility index (Phi) is 6.23. The van der Waals surface area contributed by atoms with Gasteiger partial charge in [0.05, 0.1) is 24.2 Å². The van der Waals surface area contributed by atoms with Crippen LogP contribution in [0.25, 0.3) is 11.0 Å². The minimum absolute atomic E-state index is 0.117. The smallest absolute Gasteiger partial charge is 0.251 e. The monoisotopic (exact) mass is 441 g/mol. The van der Waals surface area contributed by atoms with Crippen LogP contribution >= 0.6 is 0 Å². The zero-order valence-corrected chi connectivity index (χ0v) is 19.9. The van der Waals surface area contributed by atoms with Gasteiger partial charge in [0.15, 0.2) is 0 Å². The first-order valence-corrected chi connectivity index (χ1v) is 11.3. The van der Waals surface area contributed by atoms with Gasteiger partial charge in [0.2, 0.25) is 0 Å². The van der Waals surface area contributed by atoms with Crippen LogP contribution in [0.2, 0.25) is 0 Å². The molecule has 4 aromatic rings. The van der Waals surface area contributed by atoms with E-state index >= 15 is 0 Å². The molecule has 0 aliphatic heterocycles. The first-order valence-electron chi connectivity index (χ1n) is 11.3. The van der Waals surface area contributed by atoms with E-state index in [0.717, 1.165) is 22.6 Å². The molecular formula is C28H31N3O2. The lowest BCUT2D eigenvalue weighted by Gasteiger charge is -2.20. The highest BCUT2D eigenvalue weighted by molar-refractivity contribution is 5.94. The van der Waals surface area contributed by atoms with Gasteiger partial charge in [-0.05, 0) is 59.9 Å². The molecule has 0 saturated carbocycles. The third-order valence-corrected chi connectivity index (χ3v) is 5.93. The van der Waals surface area contributed by atoms with Crippen molar-refractivity contribution in [2.75, 3.05) is 7.11 Å². The zero-order chi connectivity index (χ0) is 23.6. The third-order valence-electron chi connectivity index (χ3n) is 5.93. The summed E-state index contributed by atoms with van der Waals surface area (Å²) in [7, 11) is 1.61. The van der Waals surface area contributed by atoms with Crippen molar-refractivity contribution in [1.29, 1.82) is 0 Å². The largest absolute Gasteiger partial charge is 0.497 e. The number of imidazole rings is 1.